The molecule has 4 heterocycles. The van der Waals surface area contributed by atoms with Gasteiger partial charge in [0, 0.05) is 22.3 Å². The standard InChI is InChI=1S/C23H26N8O2S2/c1-13(26-12-18(32)31-7-2-3-16(31)11-24)10-23(22-27-29-30-28-22)19-14(6-8-34-19)4-5-15-9-17(21(25)33)35-20(15)23/h6,8-9,13,16,26H,2-5,7,10,12H2,1H3,(H2,25,33)(H,27,28,29,30)/t13-,16-,23?/m0/s1. The summed E-state index contributed by atoms with van der Waals surface area (Å²) >= 11 is 3.04. The molecule has 2 amide bonds. The lowest BCUT2D eigenvalue weighted by molar-refractivity contribution is -0.130. The fourth-order valence-corrected chi connectivity index (χ4v) is 7.79. The van der Waals surface area contributed by atoms with Gasteiger partial charge >= 0.3 is 0 Å². The summed E-state index contributed by atoms with van der Waals surface area (Å²) in [6.07, 6.45) is 3.76. The fraction of sp³-hybridized carbons (Fsp3) is 0.478. The number of hydrogen-bond donors (Lipinski definition) is 3. The molecule has 1 unspecified atom stereocenters. The van der Waals surface area contributed by atoms with Gasteiger partial charge < -0.3 is 16.0 Å². The van der Waals surface area contributed by atoms with E-state index in [1.807, 2.05) is 13.0 Å². The molecule has 182 valence electrons. The Hall–Kier alpha value is -3.14. The summed E-state index contributed by atoms with van der Waals surface area (Å²) in [5, 5.41) is 30.1. The number of rotatable bonds is 7. The lowest BCUT2D eigenvalue weighted by Gasteiger charge is -2.33. The number of tetrazole rings is 1. The highest BCUT2D eigenvalue weighted by Gasteiger charge is 2.48. The summed E-state index contributed by atoms with van der Waals surface area (Å²) in [6.45, 7) is 2.79. The van der Waals surface area contributed by atoms with Gasteiger partial charge in [-0.05, 0) is 67.7 Å². The summed E-state index contributed by atoms with van der Waals surface area (Å²) in [5.41, 5.74) is 7.21. The second kappa shape index (κ2) is 9.49. The molecule has 0 aromatic carbocycles. The zero-order valence-corrected chi connectivity index (χ0v) is 20.9. The second-order valence-electron chi connectivity index (χ2n) is 9.11. The number of nitriles is 1. The predicted molar refractivity (Wildman–Crippen MR) is 131 cm³/mol. The van der Waals surface area contributed by atoms with Gasteiger partial charge in [0.1, 0.15) is 11.5 Å². The SMILES string of the molecule is C[C@@H](CC1(c2nn[nH]n2)c2sccc2CCc2cc(C(N)=O)sc21)NCC(=O)N1CCC[C@H]1C#N. The van der Waals surface area contributed by atoms with Crippen LogP contribution in [0.2, 0.25) is 0 Å². The van der Waals surface area contributed by atoms with E-state index in [2.05, 4.69) is 43.5 Å². The van der Waals surface area contributed by atoms with E-state index in [9.17, 15) is 14.9 Å². The van der Waals surface area contributed by atoms with Crippen LogP contribution in [0.5, 0.6) is 0 Å². The minimum absolute atomic E-state index is 0.0694. The molecular formula is C23H26N8O2S2. The number of aromatic nitrogens is 4. The minimum atomic E-state index is -0.737. The maximum atomic E-state index is 12.8. The average molecular weight is 511 g/mol. The molecule has 0 bridgehead atoms. The third-order valence-corrected chi connectivity index (χ3v) is 9.37. The van der Waals surface area contributed by atoms with Crippen LogP contribution in [0.25, 0.3) is 0 Å². The number of aromatic amines is 1. The van der Waals surface area contributed by atoms with Crippen molar-refractivity contribution in [1.29, 1.82) is 5.26 Å². The monoisotopic (exact) mass is 510 g/mol. The zero-order valence-electron chi connectivity index (χ0n) is 19.3. The molecule has 3 atom stereocenters. The number of nitrogens with one attached hydrogen (secondary N) is 2. The van der Waals surface area contributed by atoms with Crippen molar-refractivity contribution in [3.63, 3.8) is 0 Å². The molecule has 35 heavy (non-hydrogen) atoms. The molecule has 3 aromatic heterocycles. The Morgan fingerprint density at radius 3 is 2.97 bits per heavy atom. The smallest absolute Gasteiger partial charge is 0.258 e. The van der Waals surface area contributed by atoms with E-state index in [1.165, 1.54) is 16.9 Å². The van der Waals surface area contributed by atoms with Gasteiger partial charge in [-0.3, -0.25) is 9.59 Å². The molecule has 5 rings (SSSR count). The molecular weight excluding hydrogens is 484 g/mol. The number of thiophene rings is 2. The van der Waals surface area contributed by atoms with E-state index in [0.717, 1.165) is 41.0 Å². The van der Waals surface area contributed by atoms with Crippen molar-refractivity contribution in [3.8, 4) is 6.07 Å². The molecule has 2 aliphatic rings. The summed E-state index contributed by atoms with van der Waals surface area (Å²) < 4.78 is 0. The first kappa shape index (κ1) is 23.6. The number of amides is 2. The van der Waals surface area contributed by atoms with Gasteiger partial charge in [0.25, 0.3) is 5.91 Å². The molecule has 3 aromatic rings. The highest BCUT2D eigenvalue weighted by atomic mass is 32.1. The summed E-state index contributed by atoms with van der Waals surface area (Å²) in [6, 6.07) is 5.80. The number of carbonyl (C=O) groups excluding carboxylic acids is 2. The van der Waals surface area contributed by atoms with Crippen molar-refractivity contribution < 1.29 is 9.59 Å². The predicted octanol–water partition coefficient (Wildman–Crippen LogP) is 1.74. The van der Waals surface area contributed by atoms with Crippen molar-refractivity contribution in [2.75, 3.05) is 13.1 Å². The van der Waals surface area contributed by atoms with Crippen molar-refractivity contribution in [2.45, 2.75) is 56.5 Å². The van der Waals surface area contributed by atoms with Gasteiger partial charge in [0.15, 0.2) is 5.82 Å². The first-order valence-electron chi connectivity index (χ1n) is 11.6. The topological polar surface area (TPSA) is 154 Å². The summed E-state index contributed by atoms with van der Waals surface area (Å²) in [5.74, 6) is 0.0113. The van der Waals surface area contributed by atoms with E-state index in [4.69, 9.17) is 5.73 Å². The quantitative estimate of drug-likeness (QED) is 0.437. The second-order valence-corrected chi connectivity index (χ2v) is 11.1. The molecule has 10 nitrogen and oxygen atoms in total. The number of H-pyrrole nitrogens is 1. The molecule has 1 saturated heterocycles. The van der Waals surface area contributed by atoms with Crippen molar-refractivity contribution in [2.24, 2.45) is 5.73 Å². The minimum Gasteiger partial charge on any atom is -0.365 e. The first-order chi connectivity index (χ1) is 16.9. The fourth-order valence-electron chi connectivity index (χ4n) is 5.29. The summed E-state index contributed by atoms with van der Waals surface area (Å²) in [4.78, 5) is 29.2. The summed E-state index contributed by atoms with van der Waals surface area (Å²) in [7, 11) is 0. The van der Waals surface area contributed by atoms with Crippen LogP contribution in [-0.2, 0) is 23.1 Å². The van der Waals surface area contributed by atoms with Gasteiger partial charge in [-0.15, -0.1) is 32.9 Å². The third-order valence-electron chi connectivity index (χ3n) is 6.90. The first-order valence-corrected chi connectivity index (χ1v) is 13.3. The molecule has 4 N–H and O–H groups in total. The van der Waals surface area contributed by atoms with Crippen molar-refractivity contribution in [3.05, 3.63) is 49.1 Å². The largest absolute Gasteiger partial charge is 0.365 e. The molecule has 0 radical (unpaired) electrons. The number of fused-ring (bicyclic) bond motifs is 2. The van der Waals surface area contributed by atoms with Crippen LogP contribution in [-0.4, -0.2) is 62.5 Å². The van der Waals surface area contributed by atoms with E-state index in [0.29, 0.717) is 23.7 Å². The van der Waals surface area contributed by atoms with E-state index < -0.39 is 11.3 Å². The number of nitrogens with zero attached hydrogens (tertiary/aromatic N) is 5. The van der Waals surface area contributed by atoms with Gasteiger partial charge in [-0.2, -0.15) is 10.5 Å². The Balaban J connectivity index is 1.50. The zero-order chi connectivity index (χ0) is 24.6. The van der Waals surface area contributed by atoms with E-state index in [-0.39, 0.29) is 24.5 Å². The molecule has 1 aliphatic carbocycles. The van der Waals surface area contributed by atoms with Crippen LogP contribution in [0.15, 0.2) is 17.5 Å². The number of carbonyl (C=O) groups is 2. The van der Waals surface area contributed by atoms with Crippen LogP contribution in [0.1, 0.15) is 62.6 Å². The molecule has 1 aliphatic heterocycles. The molecule has 1 fully saturated rings. The van der Waals surface area contributed by atoms with Crippen molar-refractivity contribution in [1.82, 2.24) is 30.8 Å². The Kier molecular flexibility index (Phi) is 6.39. The Morgan fingerprint density at radius 1 is 1.40 bits per heavy atom. The number of nitrogens with two attached hydrogens (primary N) is 1. The van der Waals surface area contributed by atoms with Crippen LogP contribution >= 0.6 is 22.7 Å². The van der Waals surface area contributed by atoms with Crippen LogP contribution < -0.4 is 11.1 Å². The lowest BCUT2D eigenvalue weighted by Crippen LogP contribution is -2.45. The van der Waals surface area contributed by atoms with Gasteiger partial charge in [-0.1, -0.05) is 5.21 Å². The Morgan fingerprint density at radius 2 is 2.23 bits per heavy atom. The van der Waals surface area contributed by atoms with Gasteiger partial charge in [-0.25, -0.2) is 0 Å². The number of primary amides is 1. The highest BCUT2D eigenvalue weighted by Crippen LogP contribution is 2.51. The third kappa shape index (κ3) is 4.13. The van der Waals surface area contributed by atoms with Crippen LogP contribution in [0.3, 0.4) is 0 Å². The maximum Gasteiger partial charge on any atom is 0.258 e. The number of hydrogen-bond acceptors (Lipinski definition) is 9. The number of likely N-dealkylation sites (tertiary alicyclic amines) is 1. The Bertz CT molecular complexity index is 1280. The van der Waals surface area contributed by atoms with Gasteiger partial charge in [0.05, 0.1) is 17.5 Å². The molecule has 0 saturated carbocycles. The Labute approximate surface area is 210 Å². The van der Waals surface area contributed by atoms with Gasteiger partial charge in [0.2, 0.25) is 5.91 Å². The molecule has 0 spiro atoms. The van der Waals surface area contributed by atoms with E-state index >= 15 is 0 Å². The molecule has 12 heteroatoms. The highest BCUT2D eigenvalue weighted by molar-refractivity contribution is 7.15. The van der Waals surface area contributed by atoms with Crippen LogP contribution in [0, 0.1) is 11.3 Å². The normalized spacial score (nSPS) is 22.2. The van der Waals surface area contributed by atoms with Crippen LogP contribution in [0.4, 0.5) is 0 Å². The number of aryl methyl sites for hydroxylation is 2. The maximum absolute atomic E-state index is 12.8. The van der Waals surface area contributed by atoms with E-state index in [1.54, 1.807) is 16.2 Å². The average Bonchev–Trinajstić information content (AvgIpc) is 3.65. The lowest BCUT2D eigenvalue weighted by atomic mass is 9.76. The van der Waals surface area contributed by atoms with Crippen molar-refractivity contribution >= 4 is 34.5 Å².